The molecule has 2 N–H and O–H groups in total. The van der Waals surface area contributed by atoms with Crippen LogP contribution in [0.3, 0.4) is 0 Å². The number of amides is 1. The topological polar surface area (TPSA) is 93.9 Å². The van der Waals surface area contributed by atoms with Gasteiger partial charge in [-0.25, -0.2) is 15.0 Å². The summed E-state index contributed by atoms with van der Waals surface area (Å²) >= 11 is 0. The van der Waals surface area contributed by atoms with Crippen molar-refractivity contribution in [1.82, 2.24) is 19.9 Å². The fourth-order valence-corrected chi connectivity index (χ4v) is 4.42. The number of amidine groups is 1. The Morgan fingerprint density at radius 2 is 1.98 bits per heavy atom. The fraction of sp³-hybridized carbons (Fsp3) is 0.310. The maximum Gasteiger partial charge on any atom is 0.433 e. The van der Waals surface area contributed by atoms with Gasteiger partial charge in [0.2, 0.25) is 0 Å². The van der Waals surface area contributed by atoms with Crippen LogP contribution in [0.5, 0.6) is 0 Å². The van der Waals surface area contributed by atoms with E-state index in [1.807, 2.05) is 38.1 Å². The standard InChI is InChI=1S/C29H31F3N6O2/c1-4-24(36-27(19(2)3)38(40)18-22-9-5-6-14-33-22)28(39)37-15-13-23-20(17-37)8-7-10-25(23)35-21-11-12-26(34-16-21)29(30,31)32/h4-12,14,16,19,35,40H,13,15,17-18H2,1-3H3/b24-4-,36-27?. The average Bonchev–Trinajstić information content (AvgIpc) is 2.93. The zero-order valence-electron chi connectivity index (χ0n) is 22.5. The van der Waals surface area contributed by atoms with Crippen molar-refractivity contribution in [1.29, 1.82) is 0 Å². The lowest BCUT2D eigenvalue weighted by Gasteiger charge is -2.31. The monoisotopic (exact) mass is 552 g/mol. The van der Waals surface area contributed by atoms with Crippen LogP contribution in [0.15, 0.2) is 77.7 Å². The molecular weight excluding hydrogens is 521 g/mol. The van der Waals surface area contributed by atoms with Crippen molar-refractivity contribution in [3.63, 3.8) is 0 Å². The van der Waals surface area contributed by atoms with Crippen molar-refractivity contribution in [2.45, 2.75) is 46.5 Å². The number of pyridine rings is 2. The lowest BCUT2D eigenvalue weighted by atomic mass is 9.97. The summed E-state index contributed by atoms with van der Waals surface area (Å²) in [5.74, 6) is -0.0733. The van der Waals surface area contributed by atoms with E-state index in [9.17, 15) is 23.2 Å². The van der Waals surface area contributed by atoms with Gasteiger partial charge in [-0.1, -0.05) is 38.1 Å². The molecule has 210 valence electrons. The molecule has 3 heterocycles. The Hall–Kier alpha value is -4.25. The summed E-state index contributed by atoms with van der Waals surface area (Å²) in [5.41, 5.74) is 3.03. The zero-order valence-corrected chi connectivity index (χ0v) is 22.5. The number of aliphatic imine (C=N–C) groups is 1. The van der Waals surface area contributed by atoms with Gasteiger partial charge in [-0.2, -0.15) is 13.2 Å². The number of alkyl halides is 3. The molecule has 0 spiro atoms. The Morgan fingerprint density at radius 1 is 1.18 bits per heavy atom. The molecule has 0 saturated carbocycles. The number of rotatable bonds is 7. The van der Waals surface area contributed by atoms with Crippen LogP contribution in [0, 0.1) is 5.92 Å². The van der Waals surface area contributed by atoms with E-state index in [4.69, 9.17) is 0 Å². The van der Waals surface area contributed by atoms with Crippen molar-refractivity contribution >= 4 is 23.1 Å². The molecular formula is C29H31F3N6O2. The Balaban J connectivity index is 1.49. The molecule has 11 heteroatoms. The Kier molecular flexibility index (Phi) is 8.83. The average molecular weight is 553 g/mol. The van der Waals surface area contributed by atoms with Gasteiger partial charge in [0.25, 0.3) is 5.91 Å². The fourth-order valence-electron chi connectivity index (χ4n) is 4.42. The third-order valence-electron chi connectivity index (χ3n) is 6.43. The number of hydrogen-bond donors (Lipinski definition) is 2. The van der Waals surface area contributed by atoms with Crippen molar-refractivity contribution in [2.75, 3.05) is 11.9 Å². The van der Waals surface area contributed by atoms with Gasteiger partial charge in [-0.15, -0.1) is 0 Å². The maximum absolute atomic E-state index is 13.5. The second-order valence-corrected chi connectivity index (χ2v) is 9.65. The number of hydrogen-bond acceptors (Lipinski definition) is 6. The number of hydroxylamine groups is 2. The van der Waals surface area contributed by atoms with Crippen molar-refractivity contribution in [3.8, 4) is 0 Å². The summed E-state index contributed by atoms with van der Waals surface area (Å²) < 4.78 is 38.5. The first-order valence-corrected chi connectivity index (χ1v) is 12.9. The van der Waals surface area contributed by atoms with Gasteiger partial charge in [0.05, 0.1) is 24.1 Å². The molecule has 3 aromatic rings. The van der Waals surface area contributed by atoms with Crippen LogP contribution in [0.2, 0.25) is 0 Å². The molecule has 1 aromatic carbocycles. The normalized spacial score (nSPS) is 14.2. The van der Waals surface area contributed by atoms with E-state index < -0.39 is 11.9 Å². The van der Waals surface area contributed by atoms with E-state index in [0.29, 0.717) is 36.7 Å². The molecule has 1 aliphatic heterocycles. The zero-order chi connectivity index (χ0) is 28.9. The van der Waals surface area contributed by atoms with Crippen LogP contribution >= 0.6 is 0 Å². The number of nitrogens with one attached hydrogen (secondary N) is 1. The lowest BCUT2D eigenvalue weighted by Crippen LogP contribution is -2.38. The first kappa shape index (κ1) is 28.8. The first-order valence-electron chi connectivity index (χ1n) is 12.9. The molecule has 0 fully saturated rings. The highest BCUT2D eigenvalue weighted by Crippen LogP contribution is 2.31. The smallest absolute Gasteiger partial charge is 0.354 e. The van der Waals surface area contributed by atoms with Crippen LogP contribution < -0.4 is 5.32 Å². The van der Waals surface area contributed by atoms with Crippen LogP contribution in [-0.4, -0.2) is 43.4 Å². The molecule has 2 aromatic heterocycles. The SMILES string of the molecule is C/C=C(\N=C(C(C)C)N(O)Cc1ccccn1)C(=O)N1CCc2c(cccc2Nc2ccc(C(F)(F)F)nc2)C1. The Labute approximate surface area is 230 Å². The molecule has 0 aliphatic carbocycles. The molecule has 0 radical (unpaired) electrons. The summed E-state index contributed by atoms with van der Waals surface area (Å²) in [4.78, 5) is 27.5. The Morgan fingerprint density at radius 3 is 2.60 bits per heavy atom. The van der Waals surface area contributed by atoms with Gasteiger partial charge in [0, 0.05) is 30.9 Å². The minimum atomic E-state index is -4.50. The van der Waals surface area contributed by atoms with E-state index in [1.54, 1.807) is 36.2 Å². The lowest BCUT2D eigenvalue weighted by molar-refractivity contribution is -0.141. The minimum absolute atomic E-state index is 0.129. The maximum atomic E-state index is 13.5. The quantitative estimate of drug-likeness (QED) is 0.162. The van der Waals surface area contributed by atoms with Gasteiger partial charge in [-0.3, -0.25) is 15.0 Å². The van der Waals surface area contributed by atoms with Crippen LogP contribution in [0.1, 0.15) is 43.3 Å². The highest BCUT2D eigenvalue weighted by molar-refractivity contribution is 5.97. The molecule has 4 rings (SSSR count). The number of anilines is 2. The third kappa shape index (κ3) is 6.84. The predicted octanol–water partition coefficient (Wildman–Crippen LogP) is 5.97. The van der Waals surface area contributed by atoms with Crippen molar-refractivity contribution < 1.29 is 23.2 Å². The van der Waals surface area contributed by atoms with E-state index in [0.717, 1.165) is 34.1 Å². The van der Waals surface area contributed by atoms with Gasteiger partial charge >= 0.3 is 6.18 Å². The van der Waals surface area contributed by atoms with Crippen LogP contribution in [0.4, 0.5) is 24.5 Å². The Bertz CT molecular complexity index is 1390. The number of aromatic nitrogens is 2. The largest absolute Gasteiger partial charge is 0.433 e. The number of fused-ring (bicyclic) bond motifs is 1. The second-order valence-electron chi connectivity index (χ2n) is 9.65. The van der Waals surface area contributed by atoms with Gasteiger partial charge < -0.3 is 10.2 Å². The highest BCUT2D eigenvalue weighted by Gasteiger charge is 2.32. The van der Waals surface area contributed by atoms with Crippen LogP contribution in [-0.2, 0) is 30.5 Å². The predicted molar refractivity (Wildman–Crippen MR) is 146 cm³/mol. The minimum Gasteiger partial charge on any atom is -0.354 e. The summed E-state index contributed by atoms with van der Waals surface area (Å²) in [6.45, 7) is 6.40. The number of nitrogens with zero attached hydrogens (tertiary/aromatic N) is 5. The summed E-state index contributed by atoms with van der Waals surface area (Å²) in [6.07, 6.45) is 0.473. The summed E-state index contributed by atoms with van der Waals surface area (Å²) in [5, 5.41) is 14.9. The van der Waals surface area contributed by atoms with Crippen molar-refractivity contribution in [2.24, 2.45) is 10.9 Å². The molecule has 0 unspecified atom stereocenters. The number of halogens is 3. The molecule has 1 amide bonds. The van der Waals surface area contributed by atoms with Crippen molar-refractivity contribution in [3.05, 3.63) is 95.2 Å². The highest BCUT2D eigenvalue weighted by atomic mass is 19.4. The van der Waals surface area contributed by atoms with E-state index in [-0.39, 0.29) is 24.1 Å². The molecule has 0 atom stereocenters. The third-order valence-corrected chi connectivity index (χ3v) is 6.43. The number of benzene rings is 1. The van der Waals surface area contributed by atoms with E-state index >= 15 is 0 Å². The van der Waals surface area contributed by atoms with Gasteiger partial charge in [-0.05, 0) is 54.8 Å². The van der Waals surface area contributed by atoms with Gasteiger partial charge in [0.1, 0.15) is 17.2 Å². The van der Waals surface area contributed by atoms with Gasteiger partial charge in [0.15, 0.2) is 0 Å². The molecule has 8 nitrogen and oxygen atoms in total. The first-order chi connectivity index (χ1) is 19.1. The molecule has 1 aliphatic rings. The molecule has 40 heavy (non-hydrogen) atoms. The molecule has 0 saturated heterocycles. The van der Waals surface area contributed by atoms with E-state index in [2.05, 4.69) is 20.3 Å². The second kappa shape index (κ2) is 12.3. The number of carbonyl (C=O) groups excluding carboxylic acids is 1. The van der Waals surface area contributed by atoms with Crippen LogP contribution in [0.25, 0.3) is 0 Å². The molecule has 0 bridgehead atoms. The van der Waals surface area contributed by atoms with E-state index in [1.165, 1.54) is 6.07 Å². The summed E-state index contributed by atoms with van der Waals surface area (Å²) in [7, 11) is 0. The summed E-state index contributed by atoms with van der Waals surface area (Å²) in [6, 6.07) is 13.3. The number of allylic oxidation sites excluding steroid dienone is 1. The number of carbonyl (C=O) groups is 1.